The first kappa shape index (κ1) is 84.2. The third-order valence-corrected chi connectivity index (χ3v) is 17.3. The fourth-order valence-electron chi connectivity index (χ4n) is 10.7. The molecule has 0 aromatic carbocycles. The number of hydrogen-bond donors (Lipinski definition) is 1. The number of phosphoric acid groups is 1. The third-order valence-electron chi connectivity index (χ3n) is 16.3. The Morgan fingerprint density at radius 2 is 0.736 bits per heavy atom. The molecule has 3 atom stereocenters. The van der Waals surface area contributed by atoms with Crippen LogP contribution in [0, 0.1) is 0 Å². The van der Waals surface area contributed by atoms with Gasteiger partial charge in [-0.3, -0.25) is 14.2 Å². The zero-order chi connectivity index (χ0) is 63.5. The molecule has 0 aromatic rings. The average Bonchev–Trinajstić information content (AvgIpc) is 3.70. The smallest absolute Gasteiger partial charge is 0.306 e. The Morgan fingerprint density at radius 3 is 1.11 bits per heavy atom. The highest BCUT2D eigenvalue weighted by Gasteiger charge is 2.27. The SMILES string of the molecule is CC/C=C\C/C=C\C/C=C\C/C=C\C/C=C\CCCCCCCCCCCCCC(=O)NC(COP(=O)([O-])OCC[N+](C)(C)C)C(/C=C\CCCCCCCCCCC)OC(=O)CCCCCCCCCCCCCCC/C=C/CCCCCCCC. The molecule has 0 spiro atoms. The predicted molar refractivity (Wildman–Crippen MR) is 376 cm³/mol. The summed E-state index contributed by atoms with van der Waals surface area (Å²) >= 11 is 0. The molecular formula is C77H141N2O7P. The van der Waals surface area contributed by atoms with Crippen molar-refractivity contribution in [2.45, 2.75) is 354 Å². The predicted octanol–water partition coefficient (Wildman–Crippen LogP) is 23.0. The van der Waals surface area contributed by atoms with Crippen LogP contribution in [0.5, 0.6) is 0 Å². The number of rotatable bonds is 67. The van der Waals surface area contributed by atoms with Crippen LogP contribution in [0.15, 0.2) is 85.1 Å². The number of nitrogens with one attached hydrogen (secondary N) is 1. The molecule has 0 aliphatic carbocycles. The van der Waals surface area contributed by atoms with Gasteiger partial charge in [0, 0.05) is 12.8 Å². The first-order valence-corrected chi connectivity index (χ1v) is 38.4. The molecule has 10 heteroatoms. The third kappa shape index (κ3) is 67.4. The molecule has 0 radical (unpaired) electrons. The van der Waals surface area contributed by atoms with Crippen LogP contribution in [-0.4, -0.2) is 69.4 Å². The zero-order valence-corrected chi connectivity index (χ0v) is 58.9. The maximum Gasteiger partial charge on any atom is 0.306 e. The normalized spacial score (nSPS) is 14.0. The summed E-state index contributed by atoms with van der Waals surface area (Å²) in [7, 11) is 1.19. The number of amides is 1. The van der Waals surface area contributed by atoms with Crippen molar-refractivity contribution in [2.75, 3.05) is 40.9 Å². The van der Waals surface area contributed by atoms with Crippen LogP contribution in [0.4, 0.5) is 0 Å². The van der Waals surface area contributed by atoms with Crippen LogP contribution in [-0.2, 0) is 27.9 Å². The van der Waals surface area contributed by atoms with Gasteiger partial charge in [0.05, 0.1) is 33.8 Å². The first-order chi connectivity index (χ1) is 42.4. The van der Waals surface area contributed by atoms with E-state index in [1.54, 1.807) is 0 Å². The van der Waals surface area contributed by atoms with E-state index >= 15 is 0 Å². The minimum atomic E-state index is -4.71. The highest BCUT2D eigenvalue weighted by molar-refractivity contribution is 7.45. The van der Waals surface area contributed by atoms with E-state index < -0.39 is 26.6 Å². The van der Waals surface area contributed by atoms with Crippen LogP contribution in [0.2, 0.25) is 0 Å². The second-order valence-corrected chi connectivity index (χ2v) is 27.5. The van der Waals surface area contributed by atoms with Crippen molar-refractivity contribution >= 4 is 19.7 Å². The van der Waals surface area contributed by atoms with Gasteiger partial charge in [0.1, 0.15) is 19.3 Å². The summed E-state index contributed by atoms with van der Waals surface area (Å²) in [4.78, 5) is 40.2. The number of carbonyl (C=O) groups excluding carboxylic acids is 2. The molecule has 0 aliphatic heterocycles. The Hall–Kier alpha value is -2.81. The van der Waals surface area contributed by atoms with Crippen LogP contribution in [0.3, 0.4) is 0 Å². The second-order valence-electron chi connectivity index (χ2n) is 26.1. The Balaban J connectivity index is 4.97. The highest BCUT2D eigenvalue weighted by atomic mass is 31.2. The quantitative estimate of drug-likeness (QED) is 0.0212. The van der Waals surface area contributed by atoms with Gasteiger partial charge in [0.25, 0.3) is 7.82 Å². The average molecular weight is 1240 g/mol. The van der Waals surface area contributed by atoms with Crippen molar-refractivity contribution in [3.63, 3.8) is 0 Å². The molecule has 0 aromatic heterocycles. The largest absolute Gasteiger partial charge is 0.756 e. The van der Waals surface area contributed by atoms with Crippen molar-refractivity contribution in [3.05, 3.63) is 85.1 Å². The molecule has 0 rings (SSSR count). The van der Waals surface area contributed by atoms with Crippen LogP contribution in [0.25, 0.3) is 0 Å². The number of unbranched alkanes of at least 4 members (excludes halogenated alkanes) is 39. The van der Waals surface area contributed by atoms with Gasteiger partial charge in [-0.1, -0.05) is 312 Å². The van der Waals surface area contributed by atoms with Crippen molar-refractivity contribution in [1.82, 2.24) is 5.32 Å². The summed E-state index contributed by atoms with van der Waals surface area (Å²) in [5.74, 6) is -0.536. The van der Waals surface area contributed by atoms with E-state index in [9.17, 15) is 19.0 Å². The van der Waals surface area contributed by atoms with Gasteiger partial charge in [0.2, 0.25) is 5.91 Å². The van der Waals surface area contributed by atoms with E-state index in [1.165, 1.54) is 205 Å². The summed E-state index contributed by atoms with van der Waals surface area (Å²) in [5.41, 5.74) is 0. The van der Waals surface area contributed by atoms with Crippen molar-refractivity contribution < 1.29 is 37.3 Å². The number of quaternary nitrogens is 1. The summed E-state index contributed by atoms with van der Waals surface area (Å²) < 4.78 is 30.5. The minimum Gasteiger partial charge on any atom is -0.756 e. The number of likely N-dealkylation sites (N-methyl/N-ethyl adjacent to an activating group) is 1. The van der Waals surface area contributed by atoms with Gasteiger partial charge in [-0.2, -0.15) is 0 Å². The molecule has 1 amide bonds. The standard InChI is InChI=1S/C77H141N2O7P/c1-7-10-13-16-19-22-25-27-29-31-33-35-37-38-39-40-42-43-45-47-49-51-54-57-60-63-66-69-76(80)78-74(73-85-87(82,83)84-72-71-79(4,5)6)75(68-65-62-59-56-53-24-21-18-15-12-9-3)86-77(81)70-67-64-61-58-55-52-50-48-46-44-41-36-34-32-30-28-26-23-20-17-14-11-8-2/h10,13,19,22,27-30,33,35,38-39,65,68,74-75H,7-9,11-12,14-18,20-21,23-26,31-32,34,36-37,40-64,66-67,69-73H2,1-6H3,(H-,78,80,82,83)/b13-10-,22-19-,29-27-,30-28+,35-33-,39-38-,68-65-. The molecule has 3 unspecified atom stereocenters. The van der Waals surface area contributed by atoms with Gasteiger partial charge >= 0.3 is 5.97 Å². The summed E-state index contributed by atoms with van der Waals surface area (Å²) in [6, 6.07) is -0.894. The lowest BCUT2D eigenvalue weighted by Gasteiger charge is -2.30. The molecule has 0 heterocycles. The fourth-order valence-corrected chi connectivity index (χ4v) is 11.4. The molecule has 506 valence electrons. The van der Waals surface area contributed by atoms with Gasteiger partial charge in [-0.25, -0.2) is 0 Å². The lowest BCUT2D eigenvalue weighted by atomic mass is 10.0. The van der Waals surface area contributed by atoms with E-state index in [0.717, 1.165) is 103 Å². The molecule has 0 saturated heterocycles. The lowest BCUT2D eigenvalue weighted by Crippen LogP contribution is -2.47. The Morgan fingerprint density at radius 1 is 0.414 bits per heavy atom. The molecule has 9 nitrogen and oxygen atoms in total. The summed E-state index contributed by atoms with van der Waals surface area (Å²) in [6.07, 6.45) is 88.6. The molecule has 0 saturated carbocycles. The second kappa shape index (κ2) is 66.1. The van der Waals surface area contributed by atoms with Gasteiger partial charge in [-0.05, 0) is 102 Å². The number of ether oxygens (including phenoxy) is 1. The summed E-state index contributed by atoms with van der Waals surface area (Å²) in [5, 5.41) is 3.04. The van der Waals surface area contributed by atoms with E-state index in [4.69, 9.17) is 13.8 Å². The number of allylic oxidation sites excluding steroid dienone is 13. The minimum absolute atomic E-state index is 0.0245. The fraction of sp³-hybridized carbons (Fsp3) is 0.792. The molecular weight excluding hydrogens is 1100 g/mol. The number of phosphoric ester groups is 1. The Kier molecular flexibility index (Phi) is 64.0. The van der Waals surface area contributed by atoms with E-state index in [-0.39, 0.29) is 24.9 Å². The Bertz CT molecular complexity index is 1760. The first-order valence-electron chi connectivity index (χ1n) is 36.9. The van der Waals surface area contributed by atoms with Crippen LogP contribution in [0.1, 0.15) is 342 Å². The van der Waals surface area contributed by atoms with Crippen LogP contribution < -0.4 is 10.2 Å². The van der Waals surface area contributed by atoms with Crippen molar-refractivity contribution in [2.24, 2.45) is 0 Å². The van der Waals surface area contributed by atoms with E-state index in [2.05, 4.69) is 99.0 Å². The molecule has 0 fully saturated rings. The molecule has 0 aliphatic rings. The molecule has 87 heavy (non-hydrogen) atoms. The maximum atomic E-state index is 13.6. The van der Waals surface area contributed by atoms with E-state index in [1.807, 2.05) is 33.3 Å². The molecule has 0 bridgehead atoms. The van der Waals surface area contributed by atoms with E-state index in [0.29, 0.717) is 17.4 Å². The Labute approximate surface area is 539 Å². The maximum absolute atomic E-state index is 13.6. The molecule has 1 N–H and O–H groups in total. The summed E-state index contributed by atoms with van der Waals surface area (Å²) in [6.45, 7) is 6.76. The topological polar surface area (TPSA) is 114 Å². The van der Waals surface area contributed by atoms with Gasteiger partial charge in [-0.15, -0.1) is 0 Å². The number of hydrogen-bond acceptors (Lipinski definition) is 7. The lowest BCUT2D eigenvalue weighted by molar-refractivity contribution is -0.870. The zero-order valence-electron chi connectivity index (χ0n) is 58.0. The highest BCUT2D eigenvalue weighted by Crippen LogP contribution is 2.38. The number of esters is 1. The van der Waals surface area contributed by atoms with Crippen LogP contribution >= 0.6 is 7.82 Å². The monoisotopic (exact) mass is 1240 g/mol. The van der Waals surface area contributed by atoms with Gasteiger partial charge < -0.3 is 28.5 Å². The van der Waals surface area contributed by atoms with Gasteiger partial charge in [0.15, 0.2) is 0 Å². The van der Waals surface area contributed by atoms with Crippen molar-refractivity contribution in [3.8, 4) is 0 Å². The van der Waals surface area contributed by atoms with Crippen molar-refractivity contribution in [1.29, 1.82) is 0 Å². The number of carbonyl (C=O) groups is 2. The number of nitrogens with zero attached hydrogens (tertiary/aromatic N) is 1.